The lowest BCUT2D eigenvalue weighted by atomic mass is 9.71. The highest BCUT2D eigenvalue weighted by Crippen LogP contribution is 2.42. The molecule has 41 heavy (non-hydrogen) atoms. The highest BCUT2D eigenvalue weighted by molar-refractivity contribution is 5.39. The van der Waals surface area contributed by atoms with E-state index in [0.29, 0.717) is 0 Å². The van der Waals surface area contributed by atoms with Crippen LogP contribution in [0.25, 0.3) is 0 Å². The molecular weight excluding hydrogens is 496 g/mol. The standard InChI is InChI=1S/C40H56O/c1-30(18-13-20-32(3)23-25-37-34(5)22-15-27-39(37,7)8)16-11-12-17-31(2)19-14-21-33(4)24-26-38-35(6)28-36(41)29-40(38,9)10/h11-14,16-21,23-26,36,41H,15,22,27-29H2,1-10H3/b12-11+,18-13+,19-14+,25-23-,26-24-,30-16-,31-17+,32-20+,33-21+/t36-/m0/s1. The first-order valence-corrected chi connectivity index (χ1v) is 15.4. The molecular formula is C40H56O. The first-order valence-electron chi connectivity index (χ1n) is 15.4. The molecule has 0 unspecified atom stereocenters. The van der Waals surface area contributed by atoms with Gasteiger partial charge in [-0.15, -0.1) is 0 Å². The van der Waals surface area contributed by atoms with Crippen LogP contribution < -0.4 is 0 Å². The van der Waals surface area contributed by atoms with Crippen molar-refractivity contribution in [2.24, 2.45) is 10.8 Å². The maximum Gasteiger partial charge on any atom is 0.0585 e. The van der Waals surface area contributed by atoms with Crippen LogP contribution in [-0.4, -0.2) is 11.2 Å². The van der Waals surface area contributed by atoms with Gasteiger partial charge in [0.2, 0.25) is 0 Å². The molecule has 0 fully saturated rings. The lowest BCUT2D eigenvalue weighted by molar-refractivity contribution is 0.116. The number of aliphatic hydroxyl groups is 1. The summed E-state index contributed by atoms with van der Waals surface area (Å²) in [6, 6.07) is 0. The predicted molar refractivity (Wildman–Crippen MR) is 183 cm³/mol. The van der Waals surface area contributed by atoms with Gasteiger partial charge in [0, 0.05) is 0 Å². The molecule has 0 aliphatic heterocycles. The van der Waals surface area contributed by atoms with Gasteiger partial charge in [0.15, 0.2) is 0 Å². The van der Waals surface area contributed by atoms with Gasteiger partial charge in [-0.25, -0.2) is 0 Å². The third-order valence-corrected chi connectivity index (χ3v) is 8.31. The Morgan fingerprint density at radius 2 is 1.07 bits per heavy atom. The maximum absolute atomic E-state index is 10.1. The largest absolute Gasteiger partial charge is 0.393 e. The number of aliphatic hydroxyl groups excluding tert-OH is 1. The summed E-state index contributed by atoms with van der Waals surface area (Å²) >= 11 is 0. The molecule has 2 rings (SSSR count). The second kappa shape index (κ2) is 15.9. The van der Waals surface area contributed by atoms with Crippen LogP contribution in [0.4, 0.5) is 0 Å². The number of rotatable bonds is 10. The summed E-state index contributed by atoms with van der Waals surface area (Å²) in [6.07, 6.45) is 35.5. The van der Waals surface area contributed by atoms with Crippen molar-refractivity contribution in [2.75, 3.05) is 0 Å². The topological polar surface area (TPSA) is 20.2 Å². The summed E-state index contributed by atoms with van der Waals surface area (Å²) in [5, 5.41) is 10.1. The zero-order valence-electron chi connectivity index (χ0n) is 27.6. The summed E-state index contributed by atoms with van der Waals surface area (Å²) < 4.78 is 0. The Morgan fingerprint density at radius 1 is 0.634 bits per heavy atom. The maximum atomic E-state index is 10.1. The number of hydrogen-bond acceptors (Lipinski definition) is 1. The minimum absolute atomic E-state index is 0.0128. The Labute approximate surface area is 252 Å². The molecule has 0 saturated carbocycles. The average molecular weight is 553 g/mol. The van der Waals surface area contributed by atoms with E-state index in [4.69, 9.17) is 0 Å². The molecule has 1 N–H and O–H groups in total. The van der Waals surface area contributed by atoms with Crippen LogP contribution in [0, 0.1) is 10.8 Å². The van der Waals surface area contributed by atoms with Gasteiger partial charge in [-0.05, 0) is 95.6 Å². The van der Waals surface area contributed by atoms with E-state index in [1.807, 2.05) is 0 Å². The molecule has 0 bridgehead atoms. The molecule has 1 heteroatoms. The molecule has 0 saturated heterocycles. The smallest absolute Gasteiger partial charge is 0.0585 e. The van der Waals surface area contributed by atoms with Crippen LogP contribution in [0.15, 0.2) is 130 Å². The van der Waals surface area contributed by atoms with E-state index in [0.717, 1.165) is 12.8 Å². The SMILES string of the molecule is CC1=C(\C=C/C(C)=C/C=C/C(C)=C\C=C\C=C(C)\C=C\C=C(C)\C=C/C2=C(C)C[C@H](O)CC2(C)C)C(C)(C)CCC1. The first-order chi connectivity index (χ1) is 19.2. The predicted octanol–water partition coefficient (Wildman–Crippen LogP) is 11.6. The third-order valence-electron chi connectivity index (χ3n) is 8.31. The van der Waals surface area contributed by atoms with Crippen molar-refractivity contribution in [2.45, 2.75) is 107 Å². The molecule has 1 atom stereocenters. The van der Waals surface area contributed by atoms with E-state index in [2.05, 4.69) is 154 Å². The minimum atomic E-state index is -0.220. The van der Waals surface area contributed by atoms with Crippen LogP contribution >= 0.6 is 0 Å². The molecule has 0 spiro atoms. The van der Waals surface area contributed by atoms with Crippen LogP contribution in [0.3, 0.4) is 0 Å². The average Bonchev–Trinajstić information content (AvgIpc) is 2.84. The fourth-order valence-corrected chi connectivity index (χ4v) is 5.96. The molecule has 0 amide bonds. The van der Waals surface area contributed by atoms with Gasteiger partial charge in [-0.1, -0.05) is 146 Å². The molecule has 1 nitrogen and oxygen atoms in total. The van der Waals surface area contributed by atoms with E-state index in [1.165, 1.54) is 58.3 Å². The number of hydrogen-bond donors (Lipinski definition) is 1. The van der Waals surface area contributed by atoms with Gasteiger partial charge in [0.25, 0.3) is 0 Å². The Hall–Kier alpha value is -2.90. The Balaban J connectivity index is 1.90. The Morgan fingerprint density at radius 3 is 1.54 bits per heavy atom. The summed E-state index contributed by atoms with van der Waals surface area (Å²) in [6.45, 7) is 22.2. The summed E-state index contributed by atoms with van der Waals surface area (Å²) in [4.78, 5) is 0. The second-order valence-corrected chi connectivity index (χ2v) is 13.5. The van der Waals surface area contributed by atoms with Gasteiger partial charge in [0.05, 0.1) is 6.10 Å². The first kappa shape index (κ1) is 34.3. The molecule has 2 aliphatic carbocycles. The summed E-state index contributed by atoms with van der Waals surface area (Å²) in [5.41, 5.74) is 10.9. The summed E-state index contributed by atoms with van der Waals surface area (Å²) in [7, 11) is 0. The van der Waals surface area contributed by atoms with Crippen LogP contribution in [0.2, 0.25) is 0 Å². The quantitative estimate of drug-likeness (QED) is 0.267. The third kappa shape index (κ3) is 11.9. The monoisotopic (exact) mass is 552 g/mol. The molecule has 0 heterocycles. The van der Waals surface area contributed by atoms with Crippen molar-refractivity contribution >= 4 is 0 Å². The van der Waals surface area contributed by atoms with Crippen molar-refractivity contribution in [1.82, 2.24) is 0 Å². The van der Waals surface area contributed by atoms with Gasteiger partial charge in [0.1, 0.15) is 0 Å². The van der Waals surface area contributed by atoms with Crippen molar-refractivity contribution in [3.8, 4) is 0 Å². The molecule has 0 radical (unpaired) electrons. The molecule has 222 valence electrons. The summed E-state index contributed by atoms with van der Waals surface area (Å²) in [5.74, 6) is 0. The van der Waals surface area contributed by atoms with Gasteiger partial charge < -0.3 is 5.11 Å². The van der Waals surface area contributed by atoms with E-state index in [9.17, 15) is 5.11 Å². The van der Waals surface area contributed by atoms with E-state index in [-0.39, 0.29) is 16.9 Å². The second-order valence-electron chi connectivity index (χ2n) is 13.5. The van der Waals surface area contributed by atoms with Crippen molar-refractivity contribution in [3.05, 3.63) is 130 Å². The Kier molecular flexibility index (Phi) is 13.3. The zero-order chi connectivity index (χ0) is 30.6. The molecule has 2 aliphatic rings. The lowest BCUT2D eigenvalue weighted by Crippen LogP contribution is -2.28. The number of allylic oxidation sites excluding steroid dienone is 21. The van der Waals surface area contributed by atoms with Crippen molar-refractivity contribution < 1.29 is 5.11 Å². The highest BCUT2D eigenvalue weighted by Gasteiger charge is 2.31. The van der Waals surface area contributed by atoms with E-state index in [1.54, 1.807) is 5.57 Å². The minimum Gasteiger partial charge on any atom is -0.393 e. The Bertz CT molecular complexity index is 1250. The lowest BCUT2D eigenvalue weighted by Gasteiger charge is -2.35. The van der Waals surface area contributed by atoms with Crippen LogP contribution in [-0.2, 0) is 0 Å². The van der Waals surface area contributed by atoms with Crippen LogP contribution in [0.1, 0.15) is 101 Å². The molecule has 0 aromatic carbocycles. The highest BCUT2D eigenvalue weighted by atomic mass is 16.3. The molecule has 0 aromatic heterocycles. The fraction of sp³-hybridized carbons (Fsp3) is 0.450. The van der Waals surface area contributed by atoms with Gasteiger partial charge >= 0.3 is 0 Å². The van der Waals surface area contributed by atoms with E-state index < -0.39 is 0 Å². The van der Waals surface area contributed by atoms with E-state index >= 15 is 0 Å². The van der Waals surface area contributed by atoms with Crippen LogP contribution in [0.5, 0.6) is 0 Å². The zero-order valence-corrected chi connectivity index (χ0v) is 27.6. The fourth-order valence-electron chi connectivity index (χ4n) is 5.96. The molecule has 0 aromatic rings. The van der Waals surface area contributed by atoms with Gasteiger partial charge in [-0.2, -0.15) is 0 Å². The normalized spacial score (nSPS) is 23.5. The van der Waals surface area contributed by atoms with Gasteiger partial charge in [-0.3, -0.25) is 0 Å². The van der Waals surface area contributed by atoms with Crippen molar-refractivity contribution in [3.63, 3.8) is 0 Å². The van der Waals surface area contributed by atoms with Crippen molar-refractivity contribution in [1.29, 1.82) is 0 Å².